The topological polar surface area (TPSA) is 93.5 Å². The third-order valence-electron chi connectivity index (χ3n) is 5.36. The van der Waals surface area contributed by atoms with E-state index in [2.05, 4.69) is 10.4 Å². The molecule has 1 heterocycles. The molecule has 0 saturated carbocycles. The SMILES string of the molecule is COc1ccc(Cn2nc3ccccc3c2C(=O)N[C@@H](C)c2ccc(C(=O)O)cc2)cc1. The number of rotatable bonds is 7. The van der Waals surface area contributed by atoms with Gasteiger partial charge in [0.05, 0.1) is 30.8 Å². The van der Waals surface area contributed by atoms with Gasteiger partial charge in [-0.3, -0.25) is 9.48 Å². The van der Waals surface area contributed by atoms with Crippen LogP contribution in [-0.2, 0) is 6.54 Å². The lowest BCUT2D eigenvalue weighted by molar-refractivity contribution is 0.0696. The molecular weight excluding hydrogens is 406 g/mol. The van der Waals surface area contributed by atoms with E-state index in [4.69, 9.17) is 9.84 Å². The van der Waals surface area contributed by atoms with Crippen LogP contribution in [0, 0.1) is 0 Å². The highest BCUT2D eigenvalue weighted by Crippen LogP contribution is 2.22. The number of aromatic carboxylic acids is 1. The summed E-state index contributed by atoms with van der Waals surface area (Å²) >= 11 is 0. The van der Waals surface area contributed by atoms with Crippen molar-refractivity contribution in [1.29, 1.82) is 0 Å². The number of hydrogen-bond acceptors (Lipinski definition) is 4. The lowest BCUT2D eigenvalue weighted by Gasteiger charge is -2.16. The van der Waals surface area contributed by atoms with Crippen LogP contribution in [0.5, 0.6) is 5.75 Å². The Balaban J connectivity index is 1.62. The van der Waals surface area contributed by atoms with Gasteiger partial charge >= 0.3 is 5.97 Å². The Kier molecular flexibility index (Phi) is 5.89. The van der Waals surface area contributed by atoms with Crippen LogP contribution in [0.4, 0.5) is 0 Å². The maximum atomic E-state index is 13.3. The number of ether oxygens (including phenoxy) is 1. The summed E-state index contributed by atoms with van der Waals surface area (Å²) < 4.78 is 6.93. The maximum absolute atomic E-state index is 13.3. The second-order valence-electron chi connectivity index (χ2n) is 7.49. The van der Waals surface area contributed by atoms with E-state index in [1.54, 1.807) is 23.9 Å². The van der Waals surface area contributed by atoms with Crippen molar-refractivity contribution in [3.63, 3.8) is 0 Å². The molecule has 1 amide bonds. The minimum Gasteiger partial charge on any atom is -0.497 e. The smallest absolute Gasteiger partial charge is 0.335 e. The third kappa shape index (κ3) is 4.32. The van der Waals surface area contributed by atoms with Gasteiger partial charge in [-0.1, -0.05) is 42.5 Å². The van der Waals surface area contributed by atoms with Gasteiger partial charge in [-0.15, -0.1) is 0 Å². The van der Waals surface area contributed by atoms with Crippen molar-refractivity contribution in [2.45, 2.75) is 19.5 Å². The molecule has 7 heteroatoms. The van der Waals surface area contributed by atoms with Gasteiger partial charge in [-0.25, -0.2) is 4.79 Å². The predicted octanol–water partition coefficient (Wildman–Crippen LogP) is 4.28. The molecule has 162 valence electrons. The highest BCUT2D eigenvalue weighted by atomic mass is 16.5. The van der Waals surface area contributed by atoms with Crippen LogP contribution in [0.15, 0.2) is 72.8 Å². The van der Waals surface area contributed by atoms with Crippen molar-refractivity contribution in [2.75, 3.05) is 7.11 Å². The molecule has 0 radical (unpaired) electrons. The molecule has 1 aromatic heterocycles. The van der Waals surface area contributed by atoms with E-state index in [-0.39, 0.29) is 17.5 Å². The number of aromatic nitrogens is 2. The summed E-state index contributed by atoms with van der Waals surface area (Å²) in [6.07, 6.45) is 0. The lowest BCUT2D eigenvalue weighted by atomic mass is 10.1. The van der Waals surface area contributed by atoms with Crippen molar-refractivity contribution < 1.29 is 19.4 Å². The molecule has 4 aromatic rings. The summed E-state index contributed by atoms with van der Waals surface area (Å²) in [6.45, 7) is 2.29. The highest BCUT2D eigenvalue weighted by molar-refractivity contribution is 6.05. The second kappa shape index (κ2) is 8.93. The van der Waals surface area contributed by atoms with Crippen LogP contribution in [0.3, 0.4) is 0 Å². The largest absolute Gasteiger partial charge is 0.497 e. The number of methoxy groups -OCH3 is 1. The van der Waals surface area contributed by atoms with E-state index in [1.165, 1.54) is 12.1 Å². The number of carbonyl (C=O) groups excluding carboxylic acids is 1. The molecule has 0 aliphatic heterocycles. The molecule has 0 spiro atoms. The van der Waals surface area contributed by atoms with E-state index in [9.17, 15) is 9.59 Å². The number of carbonyl (C=O) groups is 2. The van der Waals surface area contributed by atoms with Crippen LogP contribution in [0.2, 0.25) is 0 Å². The van der Waals surface area contributed by atoms with E-state index in [0.717, 1.165) is 27.8 Å². The fourth-order valence-electron chi connectivity index (χ4n) is 3.60. The van der Waals surface area contributed by atoms with Gasteiger partial charge in [-0.05, 0) is 48.4 Å². The lowest BCUT2D eigenvalue weighted by Crippen LogP contribution is -2.29. The molecule has 0 fully saturated rings. The van der Waals surface area contributed by atoms with Gasteiger partial charge in [0, 0.05) is 5.39 Å². The first-order valence-corrected chi connectivity index (χ1v) is 10.2. The van der Waals surface area contributed by atoms with Gasteiger partial charge < -0.3 is 15.2 Å². The van der Waals surface area contributed by atoms with Crippen LogP contribution in [0.25, 0.3) is 10.9 Å². The number of amides is 1. The molecule has 32 heavy (non-hydrogen) atoms. The first-order chi connectivity index (χ1) is 15.5. The Morgan fingerprint density at radius 1 is 1.03 bits per heavy atom. The van der Waals surface area contributed by atoms with Gasteiger partial charge in [0.2, 0.25) is 0 Å². The predicted molar refractivity (Wildman–Crippen MR) is 121 cm³/mol. The zero-order valence-corrected chi connectivity index (χ0v) is 17.8. The molecule has 2 N–H and O–H groups in total. The Morgan fingerprint density at radius 2 is 1.72 bits per heavy atom. The molecule has 7 nitrogen and oxygen atoms in total. The quantitative estimate of drug-likeness (QED) is 0.457. The average Bonchev–Trinajstić information content (AvgIpc) is 3.17. The molecular formula is C25H23N3O4. The summed E-state index contributed by atoms with van der Waals surface area (Å²) in [5, 5.41) is 17.5. The standard InChI is InChI=1S/C25H23N3O4/c1-16(18-9-11-19(12-10-18)25(30)31)26-24(29)23-21-5-3-4-6-22(21)27-28(23)15-17-7-13-20(32-2)14-8-17/h3-14,16H,15H2,1-2H3,(H,26,29)(H,30,31)/t16-/m0/s1. The van der Waals surface area contributed by atoms with Gasteiger partial charge in [0.25, 0.3) is 5.91 Å². The summed E-state index contributed by atoms with van der Waals surface area (Å²) in [5.74, 6) is -0.468. The van der Waals surface area contributed by atoms with Crippen molar-refractivity contribution in [1.82, 2.24) is 15.1 Å². The number of fused-ring (bicyclic) bond motifs is 1. The molecule has 4 rings (SSSR count). The average molecular weight is 429 g/mol. The molecule has 0 unspecified atom stereocenters. The Bertz CT molecular complexity index is 1260. The van der Waals surface area contributed by atoms with E-state index in [1.807, 2.05) is 55.5 Å². The minimum atomic E-state index is -0.984. The Labute approximate surface area is 185 Å². The molecule has 1 atom stereocenters. The number of nitrogens with one attached hydrogen (secondary N) is 1. The molecule has 0 aliphatic carbocycles. The van der Waals surface area contributed by atoms with Gasteiger partial charge in [0.15, 0.2) is 0 Å². The minimum absolute atomic E-state index is 0.204. The van der Waals surface area contributed by atoms with Gasteiger partial charge in [-0.2, -0.15) is 5.10 Å². The third-order valence-corrected chi connectivity index (χ3v) is 5.36. The summed E-state index contributed by atoms with van der Waals surface area (Å²) in [7, 11) is 1.62. The normalized spacial score (nSPS) is 11.8. The fourth-order valence-corrected chi connectivity index (χ4v) is 3.60. The Morgan fingerprint density at radius 3 is 2.38 bits per heavy atom. The molecule has 0 bridgehead atoms. The van der Waals surface area contributed by atoms with Crippen molar-refractivity contribution in [3.8, 4) is 5.75 Å². The molecule has 0 aliphatic rings. The zero-order chi connectivity index (χ0) is 22.7. The summed E-state index contributed by atoms with van der Waals surface area (Å²) in [4.78, 5) is 24.4. The van der Waals surface area contributed by atoms with Crippen LogP contribution >= 0.6 is 0 Å². The first kappa shape index (κ1) is 21.1. The van der Waals surface area contributed by atoms with Crippen molar-refractivity contribution in [2.24, 2.45) is 0 Å². The van der Waals surface area contributed by atoms with Gasteiger partial charge in [0.1, 0.15) is 11.4 Å². The summed E-state index contributed by atoms with van der Waals surface area (Å²) in [6, 6.07) is 21.3. The monoisotopic (exact) mass is 429 g/mol. The first-order valence-electron chi connectivity index (χ1n) is 10.2. The number of nitrogens with zero attached hydrogens (tertiary/aromatic N) is 2. The van der Waals surface area contributed by atoms with E-state index < -0.39 is 5.97 Å². The van der Waals surface area contributed by atoms with Crippen LogP contribution in [-0.4, -0.2) is 33.9 Å². The molecule has 3 aromatic carbocycles. The Hall–Kier alpha value is -4.13. The van der Waals surface area contributed by atoms with E-state index >= 15 is 0 Å². The zero-order valence-electron chi connectivity index (χ0n) is 17.8. The highest BCUT2D eigenvalue weighted by Gasteiger charge is 2.20. The number of carboxylic acid groups (broad SMARTS) is 1. The van der Waals surface area contributed by atoms with Crippen LogP contribution < -0.4 is 10.1 Å². The van der Waals surface area contributed by atoms with Crippen molar-refractivity contribution >= 4 is 22.8 Å². The van der Waals surface area contributed by atoms with Crippen LogP contribution in [0.1, 0.15) is 44.9 Å². The summed E-state index contributed by atoms with van der Waals surface area (Å²) in [5.41, 5.74) is 3.23. The van der Waals surface area contributed by atoms with E-state index in [0.29, 0.717) is 12.2 Å². The number of benzene rings is 3. The maximum Gasteiger partial charge on any atom is 0.335 e. The number of carboxylic acids is 1. The number of hydrogen-bond donors (Lipinski definition) is 2. The second-order valence-corrected chi connectivity index (χ2v) is 7.49. The molecule has 0 saturated heterocycles. The van der Waals surface area contributed by atoms with Crippen molar-refractivity contribution in [3.05, 3.63) is 95.2 Å². The fraction of sp³-hybridized carbons (Fsp3) is 0.160.